The minimum absolute atomic E-state index is 0.0119. The number of benzene rings is 1. The number of Topliss-reactive ketones (excluding diaryl/α,β-unsaturated/α-hetero) is 1. The van der Waals surface area contributed by atoms with E-state index in [-0.39, 0.29) is 24.5 Å². The van der Waals surface area contributed by atoms with E-state index in [1.165, 1.54) is 10.5 Å². The van der Waals surface area contributed by atoms with E-state index in [1.807, 2.05) is 32.0 Å². The molecule has 0 fully saturated rings. The first-order valence-corrected chi connectivity index (χ1v) is 5.72. The van der Waals surface area contributed by atoms with Gasteiger partial charge in [-0.1, -0.05) is 12.1 Å². The topological polar surface area (TPSA) is 37.4 Å². The van der Waals surface area contributed by atoms with Crippen LogP contribution in [0.15, 0.2) is 18.2 Å². The number of amides is 1. The Labute approximate surface area is 102 Å². The minimum atomic E-state index is -0.0119. The second-order valence-corrected chi connectivity index (χ2v) is 4.51. The van der Waals surface area contributed by atoms with Crippen molar-refractivity contribution in [2.75, 3.05) is 14.1 Å². The van der Waals surface area contributed by atoms with Crippen LogP contribution in [-0.4, -0.2) is 30.7 Å². The third-order valence-corrected chi connectivity index (χ3v) is 2.89. The van der Waals surface area contributed by atoms with E-state index in [0.717, 1.165) is 5.56 Å². The Kier molecular flexibility index (Phi) is 4.44. The second kappa shape index (κ2) is 5.62. The van der Waals surface area contributed by atoms with Gasteiger partial charge in [-0.15, -0.1) is 0 Å². The molecule has 1 aromatic carbocycles. The summed E-state index contributed by atoms with van der Waals surface area (Å²) in [6.07, 6.45) is 0.554. The molecule has 17 heavy (non-hydrogen) atoms. The van der Waals surface area contributed by atoms with Crippen molar-refractivity contribution in [3.8, 4) is 0 Å². The summed E-state index contributed by atoms with van der Waals surface area (Å²) in [7, 11) is 3.39. The van der Waals surface area contributed by atoms with Crippen LogP contribution in [0.3, 0.4) is 0 Å². The summed E-state index contributed by atoms with van der Waals surface area (Å²) in [5, 5.41) is 0. The van der Waals surface area contributed by atoms with E-state index in [4.69, 9.17) is 0 Å². The van der Waals surface area contributed by atoms with Gasteiger partial charge in [0.1, 0.15) is 0 Å². The molecule has 3 nitrogen and oxygen atoms in total. The zero-order valence-corrected chi connectivity index (χ0v) is 10.9. The first kappa shape index (κ1) is 13.4. The van der Waals surface area contributed by atoms with Gasteiger partial charge >= 0.3 is 0 Å². The Hall–Kier alpha value is -1.64. The highest BCUT2D eigenvalue weighted by Gasteiger charge is 2.10. The number of hydrogen-bond acceptors (Lipinski definition) is 2. The van der Waals surface area contributed by atoms with Crippen molar-refractivity contribution < 1.29 is 9.59 Å². The van der Waals surface area contributed by atoms with Gasteiger partial charge in [-0.05, 0) is 31.0 Å². The molecule has 0 aromatic heterocycles. The second-order valence-electron chi connectivity index (χ2n) is 4.51. The maximum Gasteiger partial charge on any atom is 0.222 e. The maximum absolute atomic E-state index is 11.9. The highest BCUT2D eigenvalue weighted by atomic mass is 16.2. The summed E-state index contributed by atoms with van der Waals surface area (Å²) >= 11 is 0. The van der Waals surface area contributed by atoms with E-state index in [2.05, 4.69) is 0 Å². The van der Waals surface area contributed by atoms with Crippen molar-refractivity contribution in [1.82, 2.24) is 4.90 Å². The number of carbonyl (C=O) groups is 2. The highest BCUT2D eigenvalue weighted by Crippen LogP contribution is 2.12. The molecular formula is C14H19NO2. The monoisotopic (exact) mass is 233 g/mol. The Morgan fingerprint density at radius 1 is 1.06 bits per heavy atom. The molecule has 0 aliphatic rings. The van der Waals surface area contributed by atoms with Crippen LogP contribution in [0.1, 0.15) is 34.3 Å². The Morgan fingerprint density at radius 2 is 1.71 bits per heavy atom. The molecule has 0 spiro atoms. The quantitative estimate of drug-likeness (QED) is 0.749. The number of ketones is 1. The number of rotatable bonds is 4. The summed E-state index contributed by atoms with van der Waals surface area (Å²) in [5.74, 6) is 0.0190. The maximum atomic E-state index is 11.9. The van der Waals surface area contributed by atoms with Gasteiger partial charge in [-0.25, -0.2) is 0 Å². The van der Waals surface area contributed by atoms with Crippen LogP contribution < -0.4 is 0 Å². The van der Waals surface area contributed by atoms with Gasteiger partial charge in [0.15, 0.2) is 5.78 Å². The fourth-order valence-corrected chi connectivity index (χ4v) is 1.50. The zero-order chi connectivity index (χ0) is 13.0. The predicted octanol–water partition coefficient (Wildman–Crippen LogP) is 2.35. The number of hydrogen-bond donors (Lipinski definition) is 0. The van der Waals surface area contributed by atoms with Crippen LogP contribution in [0, 0.1) is 13.8 Å². The first-order valence-electron chi connectivity index (χ1n) is 5.72. The lowest BCUT2D eigenvalue weighted by atomic mass is 10.0. The van der Waals surface area contributed by atoms with Crippen molar-refractivity contribution >= 4 is 11.7 Å². The lowest BCUT2D eigenvalue weighted by Crippen LogP contribution is -2.22. The van der Waals surface area contributed by atoms with E-state index in [1.54, 1.807) is 14.1 Å². The average Bonchev–Trinajstić information content (AvgIpc) is 2.28. The fraction of sp³-hybridized carbons (Fsp3) is 0.429. The largest absolute Gasteiger partial charge is 0.349 e. The Morgan fingerprint density at radius 3 is 2.24 bits per heavy atom. The third-order valence-electron chi connectivity index (χ3n) is 2.89. The van der Waals surface area contributed by atoms with Crippen molar-refractivity contribution in [3.05, 3.63) is 34.9 Å². The standard InChI is InChI=1S/C14H19NO2/c1-10-5-6-12(9-11(10)2)13(16)7-8-14(17)15(3)4/h5-6,9H,7-8H2,1-4H3. The SMILES string of the molecule is Cc1ccc(C(=O)CCC(=O)N(C)C)cc1C. The molecule has 0 radical (unpaired) electrons. The molecule has 1 rings (SSSR count). The predicted molar refractivity (Wildman–Crippen MR) is 68.2 cm³/mol. The van der Waals surface area contributed by atoms with E-state index >= 15 is 0 Å². The molecule has 0 saturated heterocycles. The van der Waals surface area contributed by atoms with Gasteiger partial charge in [0.05, 0.1) is 0 Å². The third kappa shape index (κ3) is 3.70. The molecule has 92 valence electrons. The molecule has 3 heteroatoms. The summed E-state index contributed by atoms with van der Waals surface area (Å²) in [6.45, 7) is 4.00. The molecular weight excluding hydrogens is 214 g/mol. The Bertz CT molecular complexity index is 436. The minimum Gasteiger partial charge on any atom is -0.349 e. The molecule has 0 aliphatic heterocycles. The summed E-state index contributed by atoms with van der Waals surface area (Å²) in [4.78, 5) is 24.7. The van der Waals surface area contributed by atoms with Gasteiger partial charge in [-0.3, -0.25) is 9.59 Å². The first-order chi connectivity index (χ1) is 7.91. The molecule has 0 aliphatic carbocycles. The van der Waals surface area contributed by atoms with E-state index < -0.39 is 0 Å². The van der Waals surface area contributed by atoms with Gasteiger partial charge in [0, 0.05) is 32.5 Å². The van der Waals surface area contributed by atoms with Gasteiger partial charge in [-0.2, -0.15) is 0 Å². The van der Waals surface area contributed by atoms with Crippen molar-refractivity contribution in [2.24, 2.45) is 0 Å². The highest BCUT2D eigenvalue weighted by molar-refractivity contribution is 5.98. The zero-order valence-electron chi connectivity index (χ0n) is 10.9. The Balaban J connectivity index is 2.64. The number of aryl methyl sites for hydroxylation is 2. The molecule has 0 unspecified atom stereocenters. The van der Waals surface area contributed by atoms with Gasteiger partial charge < -0.3 is 4.90 Å². The van der Waals surface area contributed by atoms with Crippen LogP contribution in [0.2, 0.25) is 0 Å². The lowest BCUT2D eigenvalue weighted by molar-refractivity contribution is -0.128. The van der Waals surface area contributed by atoms with Crippen molar-refractivity contribution in [2.45, 2.75) is 26.7 Å². The average molecular weight is 233 g/mol. The fourth-order valence-electron chi connectivity index (χ4n) is 1.50. The summed E-state index contributed by atoms with van der Waals surface area (Å²) < 4.78 is 0. The molecule has 0 N–H and O–H groups in total. The molecule has 0 atom stereocenters. The smallest absolute Gasteiger partial charge is 0.222 e. The molecule has 0 bridgehead atoms. The molecule has 1 aromatic rings. The number of nitrogens with zero attached hydrogens (tertiary/aromatic N) is 1. The van der Waals surface area contributed by atoms with Crippen molar-refractivity contribution in [3.63, 3.8) is 0 Å². The van der Waals surface area contributed by atoms with E-state index in [9.17, 15) is 9.59 Å². The summed E-state index contributed by atoms with van der Waals surface area (Å²) in [6, 6.07) is 5.65. The van der Waals surface area contributed by atoms with Crippen molar-refractivity contribution in [1.29, 1.82) is 0 Å². The lowest BCUT2D eigenvalue weighted by Gasteiger charge is -2.09. The normalized spacial score (nSPS) is 10.1. The molecule has 1 amide bonds. The van der Waals surface area contributed by atoms with Crippen LogP contribution >= 0.6 is 0 Å². The molecule has 0 heterocycles. The van der Waals surface area contributed by atoms with Gasteiger partial charge in [0.2, 0.25) is 5.91 Å². The summed E-state index contributed by atoms with van der Waals surface area (Å²) in [5.41, 5.74) is 2.97. The van der Waals surface area contributed by atoms with Crippen LogP contribution in [0.4, 0.5) is 0 Å². The van der Waals surface area contributed by atoms with Crippen LogP contribution in [0.5, 0.6) is 0 Å². The molecule has 0 saturated carbocycles. The van der Waals surface area contributed by atoms with Crippen LogP contribution in [0.25, 0.3) is 0 Å². The number of carbonyl (C=O) groups excluding carboxylic acids is 2. The van der Waals surface area contributed by atoms with Gasteiger partial charge in [0.25, 0.3) is 0 Å². The van der Waals surface area contributed by atoms with E-state index in [0.29, 0.717) is 5.56 Å². The van der Waals surface area contributed by atoms with Crippen LogP contribution in [-0.2, 0) is 4.79 Å².